The first-order chi connectivity index (χ1) is 11.3. The molecule has 2 nitrogen and oxygen atoms in total. The Balaban J connectivity index is 0.00000169. The van der Waals surface area contributed by atoms with Crippen LogP contribution < -0.4 is 21.5 Å². The zero-order chi connectivity index (χ0) is 15.6. The third-order valence-electron chi connectivity index (χ3n) is 4.56. The SMILES string of the molecule is Clc1ccc(-c2c[n+]3c(n2-c2ccccc2)CCCCC3)cc1.[Br-]. The number of hydrogen-bond donors (Lipinski definition) is 0. The molecule has 0 bridgehead atoms. The quantitative estimate of drug-likeness (QED) is 0.577. The molecule has 0 atom stereocenters. The molecule has 1 aromatic heterocycles. The van der Waals surface area contributed by atoms with E-state index in [0.29, 0.717) is 0 Å². The monoisotopic (exact) mass is 402 g/mol. The number of aryl methyl sites for hydroxylation is 1. The molecule has 0 N–H and O–H groups in total. The highest BCUT2D eigenvalue weighted by Gasteiger charge is 2.26. The molecule has 124 valence electrons. The highest BCUT2D eigenvalue weighted by molar-refractivity contribution is 6.30. The van der Waals surface area contributed by atoms with E-state index < -0.39 is 0 Å². The molecule has 24 heavy (non-hydrogen) atoms. The van der Waals surface area contributed by atoms with Crippen molar-refractivity contribution in [2.75, 3.05) is 0 Å². The lowest BCUT2D eigenvalue weighted by atomic mass is 10.1. The van der Waals surface area contributed by atoms with Crippen molar-refractivity contribution in [1.29, 1.82) is 0 Å². The zero-order valence-electron chi connectivity index (χ0n) is 13.5. The van der Waals surface area contributed by atoms with Gasteiger partial charge in [-0.05, 0) is 55.7 Å². The number of rotatable bonds is 2. The first-order valence-electron chi connectivity index (χ1n) is 8.28. The van der Waals surface area contributed by atoms with Crippen molar-refractivity contribution in [3.05, 3.63) is 71.6 Å². The molecule has 0 radical (unpaired) electrons. The summed E-state index contributed by atoms with van der Waals surface area (Å²) in [5.74, 6) is 1.40. The molecule has 4 rings (SSSR count). The van der Waals surface area contributed by atoms with Crippen LogP contribution in [0, 0.1) is 0 Å². The summed E-state index contributed by atoms with van der Waals surface area (Å²) in [6.45, 7) is 1.11. The van der Waals surface area contributed by atoms with Crippen LogP contribution in [0.15, 0.2) is 60.8 Å². The maximum absolute atomic E-state index is 6.07. The molecule has 4 heteroatoms. The standard InChI is InChI=1S/C20H20ClN2.BrH/c21-17-12-10-16(11-13-17)19-15-22-14-6-2-5-9-20(22)23(19)18-7-3-1-4-8-18;/h1,3-4,7-8,10-13,15H,2,5-6,9,14H2;1H/q+1;/p-1. The van der Waals surface area contributed by atoms with Gasteiger partial charge in [0.15, 0.2) is 5.69 Å². The number of benzene rings is 2. The van der Waals surface area contributed by atoms with Gasteiger partial charge < -0.3 is 17.0 Å². The topological polar surface area (TPSA) is 8.81 Å². The number of fused-ring (bicyclic) bond motifs is 1. The van der Waals surface area contributed by atoms with Crippen LogP contribution in [0.5, 0.6) is 0 Å². The number of para-hydroxylation sites is 1. The second-order valence-corrected chi connectivity index (χ2v) is 6.55. The Morgan fingerprint density at radius 1 is 0.875 bits per heavy atom. The fraction of sp³-hybridized carbons (Fsp3) is 0.250. The molecule has 3 aromatic rings. The molecule has 1 aliphatic heterocycles. The Hall–Kier alpha value is -1.58. The van der Waals surface area contributed by atoms with Crippen LogP contribution in [-0.4, -0.2) is 4.57 Å². The maximum Gasteiger partial charge on any atom is 0.262 e. The summed E-state index contributed by atoms with van der Waals surface area (Å²) in [5, 5.41) is 0.779. The van der Waals surface area contributed by atoms with Crippen LogP contribution >= 0.6 is 11.6 Å². The Morgan fingerprint density at radius 2 is 1.62 bits per heavy atom. The highest BCUT2D eigenvalue weighted by atomic mass is 79.9. The molecule has 0 amide bonds. The number of imidazole rings is 1. The molecule has 0 aliphatic carbocycles. The summed E-state index contributed by atoms with van der Waals surface area (Å²) >= 11 is 6.07. The predicted molar refractivity (Wildman–Crippen MR) is 94.0 cm³/mol. The Labute approximate surface area is 158 Å². The van der Waals surface area contributed by atoms with Crippen LogP contribution in [-0.2, 0) is 13.0 Å². The number of halogens is 2. The lowest BCUT2D eigenvalue weighted by molar-refractivity contribution is -0.702. The van der Waals surface area contributed by atoms with Crippen LogP contribution in [0.1, 0.15) is 25.1 Å². The van der Waals surface area contributed by atoms with Crippen molar-refractivity contribution in [3.63, 3.8) is 0 Å². The molecule has 1 aliphatic rings. The minimum Gasteiger partial charge on any atom is -1.00 e. The molecule has 0 spiro atoms. The number of nitrogens with zero attached hydrogens (tertiary/aromatic N) is 2. The summed E-state index contributed by atoms with van der Waals surface area (Å²) in [7, 11) is 0. The first-order valence-corrected chi connectivity index (χ1v) is 8.66. The van der Waals surface area contributed by atoms with E-state index in [-0.39, 0.29) is 17.0 Å². The molecule has 0 saturated heterocycles. The molecule has 0 saturated carbocycles. The van der Waals surface area contributed by atoms with Crippen molar-refractivity contribution in [2.24, 2.45) is 0 Å². The second kappa shape index (κ2) is 7.54. The maximum atomic E-state index is 6.07. The number of aromatic nitrogens is 2. The van der Waals surface area contributed by atoms with Crippen molar-refractivity contribution < 1.29 is 21.5 Å². The van der Waals surface area contributed by atoms with E-state index in [4.69, 9.17) is 11.6 Å². The zero-order valence-corrected chi connectivity index (χ0v) is 15.8. The lowest BCUT2D eigenvalue weighted by Gasteiger charge is -2.05. The lowest BCUT2D eigenvalue weighted by Crippen LogP contribution is -3.00. The minimum absolute atomic E-state index is 0. The van der Waals surface area contributed by atoms with Crippen molar-refractivity contribution in [3.8, 4) is 16.9 Å². The van der Waals surface area contributed by atoms with E-state index >= 15 is 0 Å². The van der Waals surface area contributed by atoms with E-state index in [9.17, 15) is 0 Å². The average molecular weight is 404 g/mol. The Kier molecular flexibility index (Phi) is 5.42. The van der Waals surface area contributed by atoms with E-state index in [1.165, 1.54) is 42.0 Å². The van der Waals surface area contributed by atoms with Gasteiger partial charge in [0.25, 0.3) is 5.82 Å². The van der Waals surface area contributed by atoms with E-state index in [1.807, 2.05) is 12.1 Å². The molecule has 2 aromatic carbocycles. The van der Waals surface area contributed by atoms with Gasteiger partial charge in [-0.25, -0.2) is 4.57 Å². The minimum atomic E-state index is 0. The van der Waals surface area contributed by atoms with Gasteiger partial charge in [-0.3, -0.25) is 0 Å². The third kappa shape index (κ3) is 3.28. The fourth-order valence-corrected chi connectivity index (χ4v) is 3.55. The predicted octanol–water partition coefficient (Wildman–Crippen LogP) is 1.82. The fourth-order valence-electron chi connectivity index (χ4n) is 3.43. The molecule has 0 unspecified atom stereocenters. The smallest absolute Gasteiger partial charge is 0.262 e. The van der Waals surface area contributed by atoms with Crippen LogP contribution in [0.2, 0.25) is 5.02 Å². The average Bonchev–Trinajstić information content (AvgIpc) is 2.79. The van der Waals surface area contributed by atoms with Gasteiger partial charge in [-0.2, -0.15) is 4.57 Å². The van der Waals surface area contributed by atoms with Gasteiger partial charge in [0.1, 0.15) is 11.9 Å². The normalized spacial score (nSPS) is 13.7. The molecule has 0 fully saturated rings. The van der Waals surface area contributed by atoms with E-state index in [1.54, 1.807) is 0 Å². The first kappa shape index (κ1) is 17.2. The number of hydrogen-bond acceptors (Lipinski definition) is 0. The molecular weight excluding hydrogens is 384 g/mol. The van der Waals surface area contributed by atoms with Crippen LogP contribution in [0.25, 0.3) is 16.9 Å². The second-order valence-electron chi connectivity index (χ2n) is 6.11. The van der Waals surface area contributed by atoms with E-state index in [2.05, 4.69) is 57.8 Å². The van der Waals surface area contributed by atoms with Gasteiger partial charge in [-0.1, -0.05) is 29.8 Å². The van der Waals surface area contributed by atoms with E-state index in [0.717, 1.165) is 18.0 Å². The summed E-state index contributed by atoms with van der Waals surface area (Å²) in [6, 6.07) is 18.8. The van der Waals surface area contributed by atoms with Crippen molar-refractivity contribution >= 4 is 11.6 Å². The third-order valence-corrected chi connectivity index (χ3v) is 4.81. The van der Waals surface area contributed by atoms with Gasteiger partial charge in [0.2, 0.25) is 0 Å². The Morgan fingerprint density at radius 3 is 2.38 bits per heavy atom. The van der Waals surface area contributed by atoms with Gasteiger partial charge in [0, 0.05) is 17.0 Å². The largest absolute Gasteiger partial charge is 1.00 e. The highest BCUT2D eigenvalue weighted by Crippen LogP contribution is 2.27. The summed E-state index contributed by atoms with van der Waals surface area (Å²) in [6.07, 6.45) is 7.26. The van der Waals surface area contributed by atoms with Crippen LogP contribution in [0.4, 0.5) is 0 Å². The summed E-state index contributed by atoms with van der Waals surface area (Å²) < 4.78 is 4.85. The van der Waals surface area contributed by atoms with Gasteiger partial charge in [-0.15, -0.1) is 0 Å². The van der Waals surface area contributed by atoms with Gasteiger partial charge in [0.05, 0.1) is 6.54 Å². The Bertz CT molecular complexity index is 810. The summed E-state index contributed by atoms with van der Waals surface area (Å²) in [4.78, 5) is 0. The summed E-state index contributed by atoms with van der Waals surface area (Å²) in [5.41, 5.74) is 3.68. The van der Waals surface area contributed by atoms with Crippen molar-refractivity contribution in [2.45, 2.75) is 32.2 Å². The van der Waals surface area contributed by atoms with Gasteiger partial charge >= 0.3 is 0 Å². The van der Waals surface area contributed by atoms with Crippen LogP contribution in [0.3, 0.4) is 0 Å². The molecular formula is C20H20BrClN2. The van der Waals surface area contributed by atoms with Crippen molar-refractivity contribution in [1.82, 2.24) is 4.57 Å². The molecule has 2 heterocycles.